The number of nitrogens with zero attached hydrogens (tertiary/aromatic N) is 2. The van der Waals surface area contributed by atoms with Gasteiger partial charge in [-0.1, -0.05) is 6.07 Å². The molecule has 2 rings (SSSR count). The fourth-order valence-corrected chi connectivity index (χ4v) is 1.87. The molecule has 0 bridgehead atoms. The van der Waals surface area contributed by atoms with Crippen molar-refractivity contribution in [2.45, 2.75) is 26.0 Å². The van der Waals surface area contributed by atoms with E-state index in [4.69, 9.17) is 10.00 Å². The van der Waals surface area contributed by atoms with Crippen LogP contribution >= 0.6 is 0 Å². The van der Waals surface area contributed by atoms with Gasteiger partial charge >= 0.3 is 5.97 Å². The molecule has 17 heavy (non-hydrogen) atoms. The van der Waals surface area contributed by atoms with E-state index in [1.165, 1.54) is 0 Å². The molecular formula is C13H13N2O2+. The average molecular weight is 229 g/mol. The molecule has 1 aromatic heterocycles. The molecule has 0 radical (unpaired) electrons. The van der Waals surface area contributed by atoms with Crippen LogP contribution in [-0.4, -0.2) is 11.6 Å². The third kappa shape index (κ3) is 2.04. The second-order valence-corrected chi connectivity index (χ2v) is 4.41. The highest BCUT2D eigenvalue weighted by Gasteiger charge is 2.42. The zero-order chi connectivity index (χ0) is 12.5. The van der Waals surface area contributed by atoms with Crippen molar-refractivity contribution in [2.24, 2.45) is 0 Å². The Balaban J connectivity index is 2.39. The van der Waals surface area contributed by atoms with E-state index in [-0.39, 0.29) is 5.57 Å². The third-order valence-electron chi connectivity index (χ3n) is 2.81. The van der Waals surface area contributed by atoms with Gasteiger partial charge in [0, 0.05) is 12.1 Å². The van der Waals surface area contributed by atoms with Gasteiger partial charge in [-0.25, -0.2) is 9.36 Å². The van der Waals surface area contributed by atoms with Gasteiger partial charge in [0.05, 0.1) is 5.57 Å². The van der Waals surface area contributed by atoms with Gasteiger partial charge in [-0.15, -0.1) is 0 Å². The molecule has 0 atom stereocenters. The summed E-state index contributed by atoms with van der Waals surface area (Å²) in [7, 11) is 0. The minimum absolute atomic E-state index is 0.131. The lowest BCUT2D eigenvalue weighted by atomic mass is 9.96. The van der Waals surface area contributed by atoms with Gasteiger partial charge in [0.15, 0.2) is 18.9 Å². The monoisotopic (exact) mass is 229 g/mol. The van der Waals surface area contributed by atoms with Crippen LogP contribution in [-0.2, 0) is 16.1 Å². The Morgan fingerprint density at radius 3 is 2.59 bits per heavy atom. The van der Waals surface area contributed by atoms with Crippen LogP contribution in [0.5, 0.6) is 0 Å². The van der Waals surface area contributed by atoms with Gasteiger partial charge in [-0.3, -0.25) is 0 Å². The van der Waals surface area contributed by atoms with Crippen LogP contribution < -0.4 is 4.57 Å². The Bertz CT molecular complexity index is 524. The Labute approximate surface area is 99.8 Å². The molecule has 86 valence electrons. The summed E-state index contributed by atoms with van der Waals surface area (Å²) in [6.45, 7) is 4.09. The van der Waals surface area contributed by atoms with Crippen molar-refractivity contribution in [3.05, 3.63) is 41.7 Å². The first-order chi connectivity index (χ1) is 8.04. The van der Waals surface area contributed by atoms with E-state index in [1.54, 1.807) is 13.8 Å². The van der Waals surface area contributed by atoms with Gasteiger partial charge < -0.3 is 4.74 Å². The van der Waals surface area contributed by atoms with Crippen LogP contribution in [0, 0.1) is 11.3 Å². The van der Waals surface area contributed by atoms with Crippen LogP contribution in [0.3, 0.4) is 0 Å². The van der Waals surface area contributed by atoms with Crippen molar-refractivity contribution in [3.8, 4) is 6.07 Å². The van der Waals surface area contributed by atoms with Crippen LogP contribution in [0.25, 0.3) is 0 Å². The molecule has 0 saturated carbocycles. The number of aromatic nitrogens is 1. The molecule has 0 amide bonds. The third-order valence-corrected chi connectivity index (χ3v) is 2.81. The normalized spacial score (nSPS) is 17.8. The highest BCUT2D eigenvalue weighted by molar-refractivity contribution is 5.96. The van der Waals surface area contributed by atoms with Crippen molar-refractivity contribution in [3.63, 3.8) is 0 Å². The molecule has 1 aromatic rings. The standard InChI is InChI=1S/C13H13N2O2/c1-13(2)11(10(8-14)12(16)17-13)9-15-6-4-3-5-7-15/h3-7H,9H2,1-2H3/q+1. The van der Waals surface area contributed by atoms with E-state index in [0.29, 0.717) is 6.54 Å². The molecule has 0 aromatic carbocycles. The van der Waals surface area contributed by atoms with E-state index in [2.05, 4.69) is 0 Å². The first-order valence-electron chi connectivity index (χ1n) is 5.36. The van der Waals surface area contributed by atoms with Crippen molar-refractivity contribution in [1.82, 2.24) is 0 Å². The topological polar surface area (TPSA) is 54.0 Å². The van der Waals surface area contributed by atoms with Crippen LogP contribution in [0.1, 0.15) is 13.8 Å². The zero-order valence-corrected chi connectivity index (χ0v) is 9.80. The highest BCUT2D eigenvalue weighted by Crippen LogP contribution is 2.31. The number of hydrogen-bond acceptors (Lipinski definition) is 3. The molecule has 1 aliphatic heterocycles. The predicted molar refractivity (Wildman–Crippen MR) is 59.4 cm³/mol. The second kappa shape index (κ2) is 4.02. The summed E-state index contributed by atoms with van der Waals surface area (Å²) in [4.78, 5) is 11.5. The predicted octanol–water partition coefficient (Wildman–Crippen LogP) is 1.13. The molecular weight excluding hydrogens is 216 g/mol. The minimum Gasteiger partial charge on any atom is -0.451 e. The molecule has 0 spiro atoms. The average Bonchev–Trinajstić information content (AvgIpc) is 2.50. The van der Waals surface area contributed by atoms with Gasteiger partial charge in [0.1, 0.15) is 17.2 Å². The van der Waals surface area contributed by atoms with Gasteiger partial charge in [0.25, 0.3) is 0 Å². The zero-order valence-electron chi connectivity index (χ0n) is 9.80. The molecule has 0 fully saturated rings. The summed E-state index contributed by atoms with van der Waals surface area (Å²) in [6, 6.07) is 7.65. The molecule has 2 heterocycles. The lowest BCUT2D eigenvalue weighted by Crippen LogP contribution is -2.38. The van der Waals surface area contributed by atoms with Crippen molar-refractivity contribution in [1.29, 1.82) is 5.26 Å². The summed E-state index contributed by atoms with van der Waals surface area (Å²) in [5, 5.41) is 9.00. The summed E-state index contributed by atoms with van der Waals surface area (Å²) < 4.78 is 7.10. The van der Waals surface area contributed by atoms with Crippen molar-refractivity contribution in [2.75, 3.05) is 0 Å². The number of cyclic esters (lactones) is 1. The fourth-order valence-electron chi connectivity index (χ4n) is 1.87. The van der Waals surface area contributed by atoms with E-state index in [0.717, 1.165) is 5.57 Å². The number of rotatable bonds is 2. The molecule has 0 aliphatic carbocycles. The molecule has 0 unspecified atom stereocenters. The molecule has 0 N–H and O–H groups in total. The summed E-state index contributed by atoms with van der Waals surface area (Å²) >= 11 is 0. The molecule has 0 saturated heterocycles. The van der Waals surface area contributed by atoms with Gasteiger partial charge in [-0.05, 0) is 13.8 Å². The van der Waals surface area contributed by atoms with E-state index < -0.39 is 11.6 Å². The first kappa shape index (κ1) is 11.3. The molecule has 4 heteroatoms. The van der Waals surface area contributed by atoms with E-state index >= 15 is 0 Å². The highest BCUT2D eigenvalue weighted by atomic mass is 16.6. The van der Waals surface area contributed by atoms with Gasteiger partial charge in [0.2, 0.25) is 0 Å². The minimum atomic E-state index is -0.703. The summed E-state index contributed by atoms with van der Waals surface area (Å²) in [5.74, 6) is -0.524. The smallest absolute Gasteiger partial charge is 0.350 e. The number of pyridine rings is 1. The SMILES string of the molecule is CC1(C)OC(=O)C(C#N)=C1C[n+]1ccccc1. The maximum absolute atomic E-state index is 11.5. The number of esters is 1. The lowest BCUT2D eigenvalue weighted by Gasteiger charge is -2.18. The largest absolute Gasteiger partial charge is 0.451 e. The molecule has 4 nitrogen and oxygen atoms in total. The lowest BCUT2D eigenvalue weighted by molar-refractivity contribution is -0.689. The van der Waals surface area contributed by atoms with Crippen molar-refractivity contribution >= 4 is 5.97 Å². The number of carbonyl (C=O) groups is 1. The molecule has 1 aliphatic rings. The Morgan fingerprint density at radius 2 is 2.00 bits per heavy atom. The van der Waals surface area contributed by atoms with E-state index in [9.17, 15) is 4.79 Å². The van der Waals surface area contributed by atoms with Crippen LogP contribution in [0.4, 0.5) is 0 Å². The van der Waals surface area contributed by atoms with Gasteiger partial charge in [-0.2, -0.15) is 5.26 Å². The first-order valence-corrected chi connectivity index (χ1v) is 5.36. The number of ether oxygens (including phenoxy) is 1. The Hall–Kier alpha value is -2.15. The summed E-state index contributed by atoms with van der Waals surface area (Å²) in [6.07, 6.45) is 3.78. The maximum Gasteiger partial charge on any atom is 0.350 e. The summed E-state index contributed by atoms with van der Waals surface area (Å²) in [5.41, 5.74) is 0.151. The second-order valence-electron chi connectivity index (χ2n) is 4.41. The van der Waals surface area contributed by atoms with Crippen molar-refractivity contribution < 1.29 is 14.1 Å². The fraction of sp³-hybridized carbons (Fsp3) is 0.308. The van der Waals surface area contributed by atoms with Crippen LogP contribution in [0.15, 0.2) is 41.7 Å². The maximum atomic E-state index is 11.5. The quantitative estimate of drug-likeness (QED) is 0.564. The van der Waals surface area contributed by atoms with Crippen LogP contribution in [0.2, 0.25) is 0 Å². The Kier molecular flexibility index (Phi) is 2.68. The number of hydrogen-bond donors (Lipinski definition) is 0. The van der Waals surface area contributed by atoms with E-state index in [1.807, 2.05) is 41.2 Å². The number of nitriles is 1. The Morgan fingerprint density at radius 1 is 1.35 bits per heavy atom. The number of carbonyl (C=O) groups excluding carboxylic acids is 1.